The number of benzene rings is 1. The van der Waals surface area contributed by atoms with Crippen LogP contribution in [0.1, 0.15) is 56.6 Å². The number of ketones is 1. The van der Waals surface area contributed by atoms with E-state index >= 15 is 0 Å². The number of ether oxygens (including phenoxy) is 3. The molecule has 0 saturated carbocycles. The quantitative estimate of drug-likeness (QED) is 0.613. The zero-order chi connectivity index (χ0) is 18.0. The van der Waals surface area contributed by atoms with Crippen molar-refractivity contribution in [3.63, 3.8) is 0 Å². The van der Waals surface area contributed by atoms with Crippen LogP contribution in [0.3, 0.4) is 0 Å². The number of carbonyl (C=O) groups is 2. The fourth-order valence-electron chi connectivity index (χ4n) is 2.45. The lowest BCUT2D eigenvalue weighted by molar-refractivity contribution is -0.142. The van der Waals surface area contributed by atoms with Crippen molar-refractivity contribution in [3.05, 3.63) is 46.2 Å². The second-order valence-electron chi connectivity index (χ2n) is 6.15. The van der Waals surface area contributed by atoms with E-state index in [1.165, 1.54) is 13.2 Å². The summed E-state index contributed by atoms with van der Waals surface area (Å²) < 4.78 is 16.4. The number of methoxy groups -OCH3 is 1. The molecule has 0 radical (unpaired) electrons. The smallest absolute Gasteiger partial charge is 0.331 e. The topological polar surface area (TPSA) is 61.8 Å². The summed E-state index contributed by atoms with van der Waals surface area (Å²) >= 11 is 0. The van der Waals surface area contributed by atoms with E-state index in [1.54, 1.807) is 19.1 Å². The van der Waals surface area contributed by atoms with Gasteiger partial charge in [-0.15, -0.1) is 0 Å². The lowest BCUT2D eigenvalue weighted by Gasteiger charge is -2.16. The van der Waals surface area contributed by atoms with Crippen LogP contribution in [0.15, 0.2) is 35.1 Å². The highest BCUT2D eigenvalue weighted by molar-refractivity contribution is 6.12. The lowest BCUT2D eigenvalue weighted by atomic mass is 10.0. The average Bonchev–Trinajstić information content (AvgIpc) is 2.81. The Balaban J connectivity index is 2.39. The van der Waals surface area contributed by atoms with E-state index in [-0.39, 0.29) is 5.78 Å². The molecule has 0 unspecified atom stereocenters. The molecule has 0 aromatic heterocycles. The molecule has 0 amide bonds. The van der Waals surface area contributed by atoms with Gasteiger partial charge < -0.3 is 14.2 Å². The van der Waals surface area contributed by atoms with Crippen molar-refractivity contribution in [2.75, 3.05) is 7.11 Å². The summed E-state index contributed by atoms with van der Waals surface area (Å²) in [7, 11) is 1.52. The van der Waals surface area contributed by atoms with Gasteiger partial charge in [0.1, 0.15) is 17.6 Å². The second-order valence-corrected chi connectivity index (χ2v) is 6.15. The maximum Gasteiger partial charge on any atom is 0.331 e. The summed E-state index contributed by atoms with van der Waals surface area (Å²) in [5.41, 5.74) is 2.73. The van der Waals surface area contributed by atoms with Crippen LogP contribution in [0.2, 0.25) is 0 Å². The first-order valence-corrected chi connectivity index (χ1v) is 7.72. The minimum absolute atomic E-state index is 0.170. The van der Waals surface area contributed by atoms with Crippen molar-refractivity contribution >= 4 is 11.8 Å². The van der Waals surface area contributed by atoms with Crippen LogP contribution in [0.25, 0.3) is 0 Å². The summed E-state index contributed by atoms with van der Waals surface area (Å²) in [6, 6.07) is 3.33. The molecule has 0 N–H and O–H groups in total. The van der Waals surface area contributed by atoms with Crippen molar-refractivity contribution in [3.8, 4) is 11.5 Å². The molecule has 24 heavy (non-hydrogen) atoms. The molecule has 0 spiro atoms. The fourth-order valence-corrected chi connectivity index (χ4v) is 2.45. The van der Waals surface area contributed by atoms with Crippen LogP contribution in [-0.4, -0.2) is 18.9 Å². The number of carbonyl (C=O) groups excluding carboxylic acids is 2. The number of allylic oxidation sites excluding steroid dienone is 3. The van der Waals surface area contributed by atoms with Gasteiger partial charge >= 0.3 is 5.97 Å². The third-order valence-electron chi connectivity index (χ3n) is 3.59. The van der Waals surface area contributed by atoms with Crippen LogP contribution in [0.5, 0.6) is 11.5 Å². The third-order valence-corrected chi connectivity index (χ3v) is 3.59. The molecule has 2 rings (SSSR count). The Morgan fingerprint density at radius 2 is 1.88 bits per heavy atom. The molecule has 0 saturated heterocycles. The van der Waals surface area contributed by atoms with Crippen molar-refractivity contribution in [2.45, 2.75) is 40.7 Å². The van der Waals surface area contributed by atoms with Crippen LogP contribution >= 0.6 is 0 Å². The monoisotopic (exact) mass is 330 g/mol. The Hall–Kier alpha value is -2.56. The molecule has 0 bridgehead atoms. The maximum atomic E-state index is 12.4. The summed E-state index contributed by atoms with van der Waals surface area (Å²) in [6.07, 6.45) is 0.864. The van der Waals surface area contributed by atoms with E-state index in [1.807, 2.05) is 27.7 Å². The number of hydrogen-bond acceptors (Lipinski definition) is 5. The number of esters is 1. The van der Waals surface area contributed by atoms with Crippen molar-refractivity contribution < 1.29 is 23.8 Å². The van der Waals surface area contributed by atoms with Gasteiger partial charge in [-0.2, -0.15) is 0 Å². The van der Waals surface area contributed by atoms with Crippen molar-refractivity contribution in [1.82, 2.24) is 0 Å². The van der Waals surface area contributed by atoms with E-state index < -0.39 is 12.1 Å². The summed E-state index contributed by atoms with van der Waals surface area (Å²) in [6.45, 7) is 9.02. The van der Waals surface area contributed by atoms with Crippen molar-refractivity contribution in [1.29, 1.82) is 0 Å². The Labute approximate surface area is 141 Å². The average molecular weight is 330 g/mol. The Morgan fingerprint density at radius 3 is 2.42 bits per heavy atom. The first kappa shape index (κ1) is 17.8. The molecule has 1 heterocycles. The Kier molecular flexibility index (Phi) is 5.12. The third kappa shape index (κ3) is 3.50. The number of Topliss-reactive ketones (excluding diaryl/α,β-unsaturated/α-hetero) is 1. The Bertz CT molecular complexity index is 747. The van der Waals surface area contributed by atoms with Crippen LogP contribution < -0.4 is 9.47 Å². The first-order valence-electron chi connectivity index (χ1n) is 7.72. The zero-order valence-electron chi connectivity index (χ0n) is 14.9. The molecule has 1 aromatic carbocycles. The second kappa shape index (κ2) is 6.91. The number of fused-ring (bicyclic) bond motifs is 1. The highest BCUT2D eigenvalue weighted by Gasteiger charge is 2.31. The molecule has 128 valence electrons. The van der Waals surface area contributed by atoms with E-state index in [0.29, 0.717) is 28.4 Å². The van der Waals surface area contributed by atoms with Gasteiger partial charge in [-0.05, 0) is 46.3 Å². The van der Waals surface area contributed by atoms with E-state index in [2.05, 4.69) is 0 Å². The molecule has 0 aliphatic carbocycles. The molecule has 5 nitrogen and oxygen atoms in total. The fraction of sp³-hybridized carbons (Fsp3) is 0.368. The van der Waals surface area contributed by atoms with Gasteiger partial charge in [-0.25, -0.2) is 4.79 Å². The van der Waals surface area contributed by atoms with Crippen molar-refractivity contribution in [2.24, 2.45) is 0 Å². The molecular weight excluding hydrogens is 308 g/mol. The molecule has 1 atom stereocenters. The highest BCUT2D eigenvalue weighted by atomic mass is 16.5. The maximum absolute atomic E-state index is 12.4. The first-order chi connectivity index (χ1) is 11.2. The number of rotatable bonds is 4. The highest BCUT2D eigenvalue weighted by Crippen LogP contribution is 2.40. The summed E-state index contributed by atoms with van der Waals surface area (Å²) in [4.78, 5) is 24.3. The minimum atomic E-state index is -0.558. The molecular formula is C19H22O5. The van der Waals surface area contributed by atoms with Crippen LogP contribution in [0, 0.1) is 0 Å². The van der Waals surface area contributed by atoms with Gasteiger partial charge in [-0.3, -0.25) is 4.79 Å². The van der Waals surface area contributed by atoms with E-state index in [4.69, 9.17) is 14.2 Å². The molecule has 5 heteroatoms. The molecule has 1 aromatic rings. The van der Waals surface area contributed by atoms with Gasteiger partial charge in [0.05, 0.1) is 12.7 Å². The standard InChI is InChI=1S/C19H22O5/c1-10(2)7-17(20)23-12(5)13-8-14-16(9-15(13)22-6)24-19(11(3)4)18(14)21/h7-9,12H,1-6H3/t12-/m0/s1. The number of hydrogen-bond donors (Lipinski definition) is 0. The van der Waals surface area contributed by atoms with Crippen LogP contribution in [0.4, 0.5) is 0 Å². The predicted molar refractivity (Wildman–Crippen MR) is 90.3 cm³/mol. The summed E-state index contributed by atoms with van der Waals surface area (Å²) in [5.74, 6) is 0.696. The molecule has 0 fully saturated rings. The predicted octanol–water partition coefficient (Wildman–Crippen LogP) is 4.13. The normalized spacial score (nSPS) is 13.8. The van der Waals surface area contributed by atoms with Gasteiger partial charge in [0, 0.05) is 17.7 Å². The minimum Gasteiger partial charge on any atom is -0.496 e. The molecule has 1 aliphatic heterocycles. The summed E-state index contributed by atoms with van der Waals surface area (Å²) in [5, 5.41) is 0. The lowest BCUT2D eigenvalue weighted by Crippen LogP contribution is -2.09. The van der Waals surface area contributed by atoms with Gasteiger partial charge in [0.2, 0.25) is 5.78 Å². The Morgan fingerprint density at radius 1 is 1.21 bits per heavy atom. The van der Waals surface area contributed by atoms with E-state index in [9.17, 15) is 9.59 Å². The molecule has 1 aliphatic rings. The van der Waals surface area contributed by atoms with Crippen LogP contribution in [-0.2, 0) is 9.53 Å². The van der Waals surface area contributed by atoms with Gasteiger partial charge in [0.25, 0.3) is 0 Å². The van der Waals surface area contributed by atoms with Gasteiger partial charge in [0.15, 0.2) is 5.76 Å². The van der Waals surface area contributed by atoms with E-state index in [0.717, 1.165) is 11.1 Å². The largest absolute Gasteiger partial charge is 0.496 e. The SMILES string of the molecule is COc1cc2c(cc1[C@H](C)OC(=O)C=C(C)C)C(=O)C(=C(C)C)O2. The van der Waals surface area contributed by atoms with Gasteiger partial charge in [-0.1, -0.05) is 5.57 Å². The zero-order valence-corrected chi connectivity index (χ0v) is 14.9.